The highest BCUT2D eigenvalue weighted by Crippen LogP contribution is 2.32. The van der Waals surface area contributed by atoms with Crippen LogP contribution in [0.15, 0.2) is 77.9 Å². The molecule has 0 atom stereocenters. The molecule has 0 unspecified atom stereocenters. The maximum atomic E-state index is 13.3. The number of methoxy groups -OCH3 is 1. The lowest BCUT2D eigenvalue weighted by Crippen LogP contribution is -2.25. The maximum absolute atomic E-state index is 13.3. The summed E-state index contributed by atoms with van der Waals surface area (Å²) >= 11 is 1.35. The summed E-state index contributed by atoms with van der Waals surface area (Å²) in [4.78, 5) is 29.5. The van der Waals surface area contributed by atoms with Crippen LogP contribution in [0.4, 0.5) is 5.13 Å². The molecule has 0 saturated carbocycles. The second-order valence-corrected chi connectivity index (χ2v) is 7.74. The van der Waals surface area contributed by atoms with Crippen molar-refractivity contribution in [2.24, 2.45) is 5.10 Å². The summed E-state index contributed by atoms with van der Waals surface area (Å²) in [5.74, 6) is 0.319. The van der Waals surface area contributed by atoms with E-state index < -0.39 is 0 Å². The Morgan fingerprint density at radius 2 is 1.71 bits per heavy atom. The van der Waals surface area contributed by atoms with Crippen LogP contribution in [-0.2, 0) is 0 Å². The molecule has 0 aliphatic heterocycles. The Balaban J connectivity index is 1.74. The van der Waals surface area contributed by atoms with Crippen LogP contribution in [-0.4, -0.2) is 30.0 Å². The Morgan fingerprint density at radius 3 is 2.39 bits per heavy atom. The number of carbonyl (C=O) groups excluding carboxylic acids is 2. The van der Waals surface area contributed by atoms with Crippen LogP contribution in [0.1, 0.15) is 33.2 Å². The van der Waals surface area contributed by atoms with E-state index in [1.807, 2.05) is 48.5 Å². The van der Waals surface area contributed by atoms with Crippen LogP contribution < -0.4 is 9.75 Å². The molecule has 7 heteroatoms. The van der Waals surface area contributed by atoms with Gasteiger partial charge in [-0.25, -0.2) is 4.98 Å². The van der Waals surface area contributed by atoms with Gasteiger partial charge in [-0.2, -0.15) is 10.1 Å². The average molecular weight is 430 g/mol. The van der Waals surface area contributed by atoms with Crippen LogP contribution in [0.5, 0.6) is 5.75 Å². The minimum absolute atomic E-state index is 0.0573. The highest BCUT2D eigenvalue weighted by molar-refractivity contribution is 7.22. The largest absolute Gasteiger partial charge is 0.497 e. The fourth-order valence-electron chi connectivity index (χ4n) is 2.93. The first-order valence-electron chi connectivity index (χ1n) is 9.54. The van der Waals surface area contributed by atoms with E-state index in [2.05, 4.69) is 10.1 Å². The molecule has 0 N–H and O–H groups in total. The topological polar surface area (TPSA) is 71.9 Å². The number of hydrogen-bond acceptors (Lipinski definition) is 6. The molecule has 154 valence electrons. The molecule has 4 rings (SSSR count). The zero-order valence-corrected chi connectivity index (χ0v) is 17.8. The van der Waals surface area contributed by atoms with Crippen molar-refractivity contribution >= 4 is 44.6 Å². The number of nitrogens with zero attached hydrogens (tertiary/aromatic N) is 3. The molecule has 0 saturated heterocycles. The van der Waals surface area contributed by atoms with E-state index >= 15 is 0 Å². The van der Waals surface area contributed by atoms with Gasteiger partial charge in [-0.1, -0.05) is 53.8 Å². The Labute approximate surface area is 183 Å². The van der Waals surface area contributed by atoms with E-state index in [0.29, 0.717) is 22.0 Å². The van der Waals surface area contributed by atoms with E-state index in [4.69, 9.17) is 4.74 Å². The summed E-state index contributed by atoms with van der Waals surface area (Å²) in [5.41, 5.74) is 2.56. The number of Topliss-reactive ketones (excluding diaryl/α,β-unsaturated/α-hetero) is 1. The summed E-state index contributed by atoms with van der Waals surface area (Å²) in [5, 5.41) is 6.17. The van der Waals surface area contributed by atoms with Crippen LogP contribution in [0.25, 0.3) is 10.2 Å². The Hall–Kier alpha value is -3.84. The molecule has 0 spiro atoms. The molecule has 1 heterocycles. The van der Waals surface area contributed by atoms with Crippen molar-refractivity contribution in [2.75, 3.05) is 12.1 Å². The second kappa shape index (κ2) is 8.89. The van der Waals surface area contributed by atoms with Crippen LogP contribution in [0.3, 0.4) is 0 Å². The fraction of sp³-hybridized carbons (Fsp3) is 0.0833. The monoisotopic (exact) mass is 429 g/mol. The molecule has 3 aromatic carbocycles. The van der Waals surface area contributed by atoms with E-state index in [9.17, 15) is 9.59 Å². The first-order valence-corrected chi connectivity index (χ1v) is 10.4. The van der Waals surface area contributed by atoms with Gasteiger partial charge in [-0.15, -0.1) is 0 Å². The molecule has 0 fully saturated rings. The van der Waals surface area contributed by atoms with Gasteiger partial charge < -0.3 is 4.74 Å². The number of anilines is 1. The average Bonchev–Trinajstić information content (AvgIpc) is 3.22. The van der Waals surface area contributed by atoms with E-state index in [1.54, 1.807) is 37.6 Å². The standard InChI is InChI=1S/C24H19N3O3S/c1-16(28)18-8-10-19(11-9-18)23(29)27(25-15-17-6-4-3-5-7-17)24-26-21-13-12-20(30-2)14-22(21)31-24/h3-15H,1-2H3/b25-15+. The summed E-state index contributed by atoms with van der Waals surface area (Å²) < 4.78 is 6.17. The number of hydrazone groups is 1. The maximum Gasteiger partial charge on any atom is 0.280 e. The van der Waals surface area contributed by atoms with E-state index in [-0.39, 0.29) is 11.7 Å². The predicted molar refractivity (Wildman–Crippen MR) is 123 cm³/mol. The van der Waals surface area contributed by atoms with Crippen molar-refractivity contribution in [1.82, 2.24) is 4.98 Å². The Morgan fingerprint density at radius 1 is 1.00 bits per heavy atom. The lowest BCUT2D eigenvalue weighted by molar-refractivity contribution is 0.0983. The van der Waals surface area contributed by atoms with Crippen molar-refractivity contribution in [2.45, 2.75) is 6.92 Å². The molecule has 31 heavy (non-hydrogen) atoms. The zero-order valence-electron chi connectivity index (χ0n) is 17.0. The molecule has 0 radical (unpaired) electrons. The second-order valence-electron chi connectivity index (χ2n) is 6.74. The minimum atomic E-state index is -0.340. The number of rotatable bonds is 6. The normalized spacial score (nSPS) is 11.0. The first kappa shape index (κ1) is 20.4. The minimum Gasteiger partial charge on any atom is -0.497 e. The number of amides is 1. The molecular formula is C24H19N3O3S. The summed E-state index contributed by atoms with van der Waals surface area (Å²) in [6.45, 7) is 1.49. The first-order chi connectivity index (χ1) is 15.0. The van der Waals surface area contributed by atoms with Gasteiger partial charge in [0.25, 0.3) is 5.91 Å². The Bertz CT molecular complexity index is 1260. The van der Waals surface area contributed by atoms with Gasteiger partial charge in [0, 0.05) is 11.1 Å². The molecule has 6 nitrogen and oxygen atoms in total. The van der Waals surface area contributed by atoms with Gasteiger partial charge in [0.2, 0.25) is 5.13 Å². The number of thiazole rings is 1. The molecular weight excluding hydrogens is 410 g/mol. The van der Waals surface area contributed by atoms with Crippen molar-refractivity contribution in [3.05, 3.63) is 89.5 Å². The van der Waals surface area contributed by atoms with Gasteiger partial charge in [-0.3, -0.25) is 9.59 Å². The summed E-state index contributed by atoms with van der Waals surface area (Å²) in [7, 11) is 1.60. The van der Waals surface area contributed by atoms with Crippen molar-refractivity contribution < 1.29 is 14.3 Å². The molecule has 1 amide bonds. The third kappa shape index (κ3) is 4.51. The molecule has 0 bridgehead atoms. The van der Waals surface area contributed by atoms with Crippen LogP contribution >= 0.6 is 11.3 Å². The van der Waals surface area contributed by atoms with Crippen molar-refractivity contribution in [3.8, 4) is 5.75 Å². The zero-order chi connectivity index (χ0) is 21.8. The fourth-order valence-corrected chi connectivity index (χ4v) is 3.88. The van der Waals surface area contributed by atoms with Gasteiger partial charge in [-0.05, 0) is 42.8 Å². The lowest BCUT2D eigenvalue weighted by Gasteiger charge is -2.14. The van der Waals surface area contributed by atoms with Crippen LogP contribution in [0, 0.1) is 0 Å². The number of ether oxygens (including phenoxy) is 1. The number of benzene rings is 3. The quantitative estimate of drug-likeness (QED) is 0.240. The summed E-state index contributed by atoms with van der Waals surface area (Å²) in [6.07, 6.45) is 1.62. The van der Waals surface area contributed by atoms with Gasteiger partial charge >= 0.3 is 0 Å². The third-order valence-corrected chi connectivity index (χ3v) is 5.61. The lowest BCUT2D eigenvalue weighted by atomic mass is 10.1. The third-order valence-electron chi connectivity index (χ3n) is 4.62. The van der Waals surface area contributed by atoms with Crippen molar-refractivity contribution in [3.63, 3.8) is 0 Å². The van der Waals surface area contributed by atoms with Crippen LogP contribution in [0.2, 0.25) is 0 Å². The van der Waals surface area contributed by atoms with E-state index in [0.717, 1.165) is 15.8 Å². The molecule has 4 aromatic rings. The highest BCUT2D eigenvalue weighted by atomic mass is 32.1. The van der Waals surface area contributed by atoms with Gasteiger partial charge in [0.15, 0.2) is 5.78 Å². The molecule has 1 aromatic heterocycles. The van der Waals surface area contributed by atoms with E-state index in [1.165, 1.54) is 23.3 Å². The number of aromatic nitrogens is 1. The number of ketones is 1. The highest BCUT2D eigenvalue weighted by Gasteiger charge is 2.21. The number of fused-ring (bicyclic) bond motifs is 1. The summed E-state index contributed by atoms with van der Waals surface area (Å²) in [6, 6.07) is 21.6. The number of carbonyl (C=O) groups is 2. The smallest absolute Gasteiger partial charge is 0.280 e. The predicted octanol–water partition coefficient (Wildman–Crippen LogP) is 5.19. The Kier molecular flexibility index (Phi) is 5.86. The molecule has 0 aliphatic rings. The number of hydrogen-bond donors (Lipinski definition) is 0. The molecule has 0 aliphatic carbocycles. The van der Waals surface area contributed by atoms with Gasteiger partial charge in [0.05, 0.1) is 23.5 Å². The SMILES string of the molecule is COc1ccc2nc(N(/N=C/c3ccccc3)C(=O)c3ccc(C(C)=O)cc3)sc2c1. The van der Waals surface area contributed by atoms with Crippen molar-refractivity contribution in [1.29, 1.82) is 0 Å². The van der Waals surface area contributed by atoms with Gasteiger partial charge in [0.1, 0.15) is 5.75 Å².